The van der Waals surface area contributed by atoms with E-state index in [1.807, 2.05) is 44.4 Å². The van der Waals surface area contributed by atoms with Gasteiger partial charge < -0.3 is 4.74 Å². The predicted molar refractivity (Wildman–Crippen MR) is 74.5 cm³/mol. The molecule has 0 aliphatic rings. The first-order valence-corrected chi connectivity index (χ1v) is 6.94. The maximum atomic E-state index is 9.18. The molecule has 0 unspecified atom stereocenters. The predicted octanol–water partition coefficient (Wildman–Crippen LogP) is 3.48. The number of rotatable bonds is 3. The number of hydrogen-bond acceptors (Lipinski definition) is 5. The van der Waals surface area contributed by atoms with Crippen LogP contribution in [0.15, 0.2) is 29.2 Å². The Labute approximate surface area is 116 Å². The normalized spacial score (nSPS) is 10.0. The molecule has 0 saturated carbocycles. The molecule has 2 rings (SSSR count). The lowest BCUT2D eigenvalue weighted by molar-refractivity contribution is 0.451. The molecule has 19 heavy (non-hydrogen) atoms. The molecule has 1 heterocycles. The summed E-state index contributed by atoms with van der Waals surface area (Å²) in [5.74, 6) is 0.898. The highest BCUT2D eigenvalue weighted by molar-refractivity contribution is 7.98. The summed E-state index contributed by atoms with van der Waals surface area (Å²) in [5.41, 5.74) is 1.97. The number of aromatic nitrogens is 2. The Morgan fingerprint density at radius 2 is 1.84 bits per heavy atom. The Hall–Kier alpha value is -2.06. The van der Waals surface area contributed by atoms with E-state index in [1.54, 1.807) is 11.8 Å². The summed E-state index contributed by atoms with van der Waals surface area (Å²) in [4.78, 5) is 1.15. The summed E-state index contributed by atoms with van der Waals surface area (Å²) in [7, 11) is 0. The fourth-order valence-electron chi connectivity index (χ4n) is 1.55. The molecular formula is C14H13N3OS. The van der Waals surface area contributed by atoms with Gasteiger partial charge >= 0.3 is 0 Å². The smallest absolute Gasteiger partial charge is 0.257 e. The van der Waals surface area contributed by atoms with Gasteiger partial charge in [-0.15, -0.1) is 16.9 Å². The third-order valence-electron chi connectivity index (χ3n) is 2.81. The Morgan fingerprint density at radius 1 is 1.16 bits per heavy atom. The van der Waals surface area contributed by atoms with Crippen LogP contribution in [0, 0.1) is 25.2 Å². The van der Waals surface area contributed by atoms with E-state index in [9.17, 15) is 5.26 Å². The molecule has 0 aliphatic heterocycles. The second-order valence-electron chi connectivity index (χ2n) is 3.98. The second-order valence-corrected chi connectivity index (χ2v) is 4.86. The Balaban J connectivity index is 2.33. The van der Waals surface area contributed by atoms with Crippen LogP contribution in [0.4, 0.5) is 0 Å². The number of ether oxygens (including phenoxy) is 1. The van der Waals surface area contributed by atoms with Crippen molar-refractivity contribution < 1.29 is 4.74 Å². The summed E-state index contributed by atoms with van der Waals surface area (Å²) in [6, 6.07) is 9.74. The molecule has 0 fully saturated rings. The van der Waals surface area contributed by atoms with Crippen LogP contribution in [0.1, 0.15) is 16.8 Å². The van der Waals surface area contributed by atoms with Crippen LogP contribution in [0.3, 0.4) is 0 Å². The lowest BCUT2D eigenvalue weighted by atomic mass is 10.1. The van der Waals surface area contributed by atoms with Crippen molar-refractivity contribution in [1.29, 1.82) is 5.26 Å². The van der Waals surface area contributed by atoms with Crippen molar-refractivity contribution in [3.05, 3.63) is 41.1 Å². The fourth-order valence-corrected chi connectivity index (χ4v) is 1.95. The summed E-state index contributed by atoms with van der Waals surface area (Å²) < 4.78 is 5.63. The lowest BCUT2D eigenvalue weighted by Crippen LogP contribution is -2.00. The third kappa shape index (κ3) is 2.85. The standard InChI is InChI=1S/C14H13N3OS/c1-9-10(2)16-17-14(13(9)8-15)18-11-4-6-12(19-3)7-5-11/h4-7H,1-3H3. The molecule has 0 saturated heterocycles. The second kappa shape index (κ2) is 5.72. The number of nitrogens with zero attached hydrogens (tertiary/aromatic N) is 3. The average Bonchev–Trinajstić information content (AvgIpc) is 2.44. The maximum absolute atomic E-state index is 9.18. The van der Waals surface area contributed by atoms with E-state index >= 15 is 0 Å². The molecule has 4 nitrogen and oxygen atoms in total. The zero-order chi connectivity index (χ0) is 13.8. The highest BCUT2D eigenvalue weighted by Gasteiger charge is 2.12. The van der Waals surface area contributed by atoms with Gasteiger partial charge in [-0.2, -0.15) is 10.4 Å². The number of thioether (sulfide) groups is 1. The number of hydrogen-bond donors (Lipinski definition) is 0. The van der Waals surface area contributed by atoms with E-state index in [1.165, 1.54) is 0 Å². The highest BCUT2D eigenvalue weighted by atomic mass is 32.2. The van der Waals surface area contributed by atoms with Crippen molar-refractivity contribution in [1.82, 2.24) is 10.2 Å². The van der Waals surface area contributed by atoms with E-state index in [-0.39, 0.29) is 5.88 Å². The first kappa shape index (κ1) is 13.4. The largest absolute Gasteiger partial charge is 0.437 e. The van der Waals surface area contributed by atoms with Gasteiger partial charge in [0, 0.05) is 4.90 Å². The molecule has 2 aromatic rings. The van der Waals surface area contributed by atoms with Gasteiger partial charge in [-0.3, -0.25) is 0 Å². The van der Waals surface area contributed by atoms with E-state index in [2.05, 4.69) is 16.3 Å². The number of nitriles is 1. The van der Waals surface area contributed by atoms with Gasteiger partial charge in [0.25, 0.3) is 5.88 Å². The molecule has 0 bridgehead atoms. The van der Waals surface area contributed by atoms with Crippen molar-refractivity contribution in [3.63, 3.8) is 0 Å². The molecule has 0 N–H and O–H groups in total. The Kier molecular flexibility index (Phi) is 4.03. The molecule has 0 amide bonds. The minimum atomic E-state index is 0.252. The van der Waals surface area contributed by atoms with Crippen molar-refractivity contribution in [2.75, 3.05) is 6.26 Å². The highest BCUT2D eigenvalue weighted by Crippen LogP contribution is 2.26. The van der Waals surface area contributed by atoms with Crippen LogP contribution in [-0.4, -0.2) is 16.5 Å². The summed E-state index contributed by atoms with van der Waals surface area (Å²) in [6.07, 6.45) is 2.01. The molecule has 96 valence electrons. The van der Waals surface area contributed by atoms with E-state index in [0.29, 0.717) is 11.3 Å². The van der Waals surface area contributed by atoms with Gasteiger partial charge in [0.1, 0.15) is 17.4 Å². The monoisotopic (exact) mass is 271 g/mol. The van der Waals surface area contributed by atoms with Crippen LogP contribution < -0.4 is 4.74 Å². The number of benzene rings is 1. The molecule has 0 radical (unpaired) electrons. The van der Waals surface area contributed by atoms with E-state index in [0.717, 1.165) is 16.2 Å². The van der Waals surface area contributed by atoms with E-state index in [4.69, 9.17) is 4.74 Å². The molecule has 0 atom stereocenters. The third-order valence-corrected chi connectivity index (χ3v) is 3.55. The first-order chi connectivity index (χ1) is 9.15. The quantitative estimate of drug-likeness (QED) is 0.800. The van der Waals surface area contributed by atoms with Crippen molar-refractivity contribution >= 4 is 11.8 Å². The minimum Gasteiger partial charge on any atom is -0.437 e. The molecule has 1 aromatic carbocycles. The van der Waals surface area contributed by atoms with Crippen molar-refractivity contribution in [2.24, 2.45) is 0 Å². The Bertz CT molecular complexity index is 632. The van der Waals surface area contributed by atoms with Crippen LogP contribution in [0.25, 0.3) is 0 Å². The zero-order valence-electron chi connectivity index (χ0n) is 11.0. The van der Waals surface area contributed by atoms with Crippen molar-refractivity contribution in [2.45, 2.75) is 18.7 Å². The van der Waals surface area contributed by atoms with Crippen LogP contribution in [0.2, 0.25) is 0 Å². The van der Waals surface area contributed by atoms with Crippen LogP contribution in [0.5, 0.6) is 11.6 Å². The molecule has 5 heteroatoms. The molecule has 0 aliphatic carbocycles. The average molecular weight is 271 g/mol. The lowest BCUT2D eigenvalue weighted by Gasteiger charge is -2.08. The van der Waals surface area contributed by atoms with E-state index < -0.39 is 0 Å². The van der Waals surface area contributed by atoms with Gasteiger partial charge in [0.15, 0.2) is 0 Å². The van der Waals surface area contributed by atoms with Gasteiger partial charge in [0.05, 0.1) is 5.69 Å². The first-order valence-electron chi connectivity index (χ1n) is 5.71. The minimum absolute atomic E-state index is 0.252. The fraction of sp³-hybridized carbons (Fsp3) is 0.214. The van der Waals surface area contributed by atoms with Gasteiger partial charge in [-0.05, 0) is 49.9 Å². The van der Waals surface area contributed by atoms with Gasteiger partial charge in [-0.1, -0.05) is 0 Å². The molecular weight excluding hydrogens is 258 g/mol. The topological polar surface area (TPSA) is 58.8 Å². The summed E-state index contributed by atoms with van der Waals surface area (Å²) in [6.45, 7) is 3.66. The van der Waals surface area contributed by atoms with Crippen LogP contribution in [-0.2, 0) is 0 Å². The maximum Gasteiger partial charge on any atom is 0.257 e. The molecule has 1 aromatic heterocycles. The summed E-state index contributed by atoms with van der Waals surface area (Å²) in [5, 5.41) is 17.1. The van der Waals surface area contributed by atoms with Gasteiger partial charge in [0.2, 0.25) is 0 Å². The summed E-state index contributed by atoms with van der Waals surface area (Å²) >= 11 is 1.66. The van der Waals surface area contributed by atoms with Gasteiger partial charge in [-0.25, -0.2) is 0 Å². The number of aryl methyl sites for hydroxylation is 1. The zero-order valence-corrected chi connectivity index (χ0v) is 11.8. The SMILES string of the molecule is CSc1ccc(Oc2nnc(C)c(C)c2C#N)cc1. The molecule has 0 spiro atoms. The van der Waals surface area contributed by atoms with Crippen LogP contribution >= 0.6 is 11.8 Å². The van der Waals surface area contributed by atoms with Crippen molar-refractivity contribution in [3.8, 4) is 17.7 Å². The Morgan fingerprint density at radius 3 is 2.42 bits per heavy atom.